The van der Waals surface area contributed by atoms with E-state index in [-0.39, 0.29) is 12.0 Å². The van der Waals surface area contributed by atoms with Crippen LogP contribution in [-0.2, 0) is 11.3 Å². The molecule has 0 saturated carbocycles. The van der Waals surface area contributed by atoms with E-state index in [1.165, 1.54) is 0 Å². The van der Waals surface area contributed by atoms with Crippen molar-refractivity contribution in [2.75, 3.05) is 26.7 Å². The maximum atomic E-state index is 12.4. The Morgan fingerprint density at radius 1 is 1.42 bits per heavy atom. The van der Waals surface area contributed by atoms with E-state index in [1.807, 2.05) is 51.8 Å². The van der Waals surface area contributed by atoms with E-state index in [0.717, 1.165) is 11.1 Å². The zero-order valence-corrected chi connectivity index (χ0v) is 13.9. The smallest absolute Gasteiger partial charge is 0.236 e. The van der Waals surface area contributed by atoms with E-state index in [9.17, 15) is 15.2 Å². The Labute approximate surface area is 141 Å². The van der Waals surface area contributed by atoms with E-state index < -0.39 is 0 Å². The van der Waals surface area contributed by atoms with Gasteiger partial charge in [0.1, 0.15) is 6.07 Å². The summed E-state index contributed by atoms with van der Waals surface area (Å²) in [6, 6.07) is 8.04. The van der Waals surface area contributed by atoms with Gasteiger partial charge in [-0.15, -0.1) is 0 Å². The number of carbonyl (C=O) groups excluding carboxylic acids is 1. The zero-order valence-electron chi connectivity index (χ0n) is 13.9. The molecule has 0 atom stereocenters. The number of aliphatic hydroxyl groups excluding tert-OH is 1. The number of hydrogen-bond acceptors (Lipinski definition) is 4. The minimum absolute atomic E-state index is 0.0756. The summed E-state index contributed by atoms with van der Waals surface area (Å²) in [5, 5.41) is 19.0. The minimum atomic E-state index is -0.279. The lowest BCUT2D eigenvalue weighted by Crippen LogP contribution is -2.44. The van der Waals surface area contributed by atoms with Crippen molar-refractivity contribution >= 4 is 11.4 Å². The molecule has 6 heteroatoms. The fourth-order valence-electron chi connectivity index (χ4n) is 3.22. The van der Waals surface area contributed by atoms with E-state index in [0.29, 0.717) is 44.6 Å². The van der Waals surface area contributed by atoms with Crippen molar-refractivity contribution < 1.29 is 9.90 Å². The second-order valence-corrected chi connectivity index (χ2v) is 6.42. The first-order chi connectivity index (χ1) is 11.6. The summed E-state index contributed by atoms with van der Waals surface area (Å²) in [6.07, 6.45) is 4.90. The third-order valence-corrected chi connectivity index (χ3v) is 4.54. The summed E-state index contributed by atoms with van der Waals surface area (Å²) in [6.45, 7) is 2.10. The molecule has 6 nitrogen and oxygen atoms in total. The van der Waals surface area contributed by atoms with Crippen LogP contribution in [0.25, 0.3) is 5.52 Å². The van der Waals surface area contributed by atoms with Gasteiger partial charge in [-0.2, -0.15) is 5.26 Å². The molecule has 24 heavy (non-hydrogen) atoms. The van der Waals surface area contributed by atoms with Gasteiger partial charge in [-0.25, -0.2) is 0 Å². The van der Waals surface area contributed by atoms with E-state index in [4.69, 9.17) is 0 Å². The lowest BCUT2D eigenvalue weighted by Gasteiger charge is -2.31. The van der Waals surface area contributed by atoms with Gasteiger partial charge in [0.15, 0.2) is 0 Å². The first-order valence-electron chi connectivity index (χ1n) is 8.21. The molecule has 1 aliphatic heterocycles. The van der Waals surface area contributed by atoms with Crippen LogP contribution >= 0.6 is 0 Å². The van der Waals surface area contributed by atoms with Crippen molar-refractivity contribution in [1.29, 1.82) is 5.26 Å². The van der Waals surface area contributed by atoms with Crippen molar-refractivity contribution in [3.05, 3.63) is 41.7 Å². The van der Waals surface area contributed by atoms with Crippen LogP contribution in [0.1, 0.15) is 24.0 Å². The molecule has 1 aliphatic rings. The highest BCUT2D eigenvalue weighted by Crippen LogP contribution is 2.19. The number of likely N-dealkylation sites (tertiary alicyclic amines) is 1. The maximum absolute atomic E-state index is 12.4. The van der Waals surface area contributed by atoms with E-state index in [2.05, 4.69) is 6.07 Å². The number of carbonyl (C=O) groups is 1. The molecule has 0 radical (unpaired) electrons. The second-order valence-electron chi connectivity index (χ2n) is 6.42. The second kappa shape index (κ2) is 7.04. The van der Waals surface area contributed by atoms with Gasteiger partial charge in [0.25, 0.3) is 0 Å². The molecule has 3 rings (SSSR count). The molecule has 0 aliphatic carbocycles. The van der Waals surface area contributed by atoms with Gasteiger partial charge in [0, 0.05) is 37.6 Å². The molecular weight excluding hydrogens is 304 g/mol. The summed E-state index contributed by atoms with van der Waals surface area (Å²) >= 11 is 0. The summed E-state index contributed by atoms with van der Waals surface area (Å²) in [5.41, 5.74) is 2.48. The van der Waals surface area contributed by atoms with E-state index in [1.54, 1.807) is 0 Å². The normalized spacial score (nSPS) is 15.8. The molecule has 1 fully saturated rings. The fourth-order valence-corrected chi connectivity index (χ4v) is 3.22. The van der Waals surface area contributed by atoms with Gasteiger partial charge < -0.3 is 14.4 Å². The van der Waals surface area contributed by atoms with Gasteiger partial charge in [-0.1, -0.05) is 6.07 Å². The quantitative estimate of drug-likeness (QED) is 0.917. The third kappa shape index (κ3) is 3.42. The predicted octanol–water partition coefficient (Wildman–Crippen LogP) is 1.23. The molecule has 126 valence electrons. The van der Waals surface area contributed by atoms with Gasteiger partial charge >= 0.3 is 0 Å². The molecule has 0 aromatic carbocycles. The first-order valence-corrected chi connectivity index (χ1v) is 8.21. The predicted molar refractivity (Wildman–Crippen MR) is 90.3 cm³/mol. The molecule has 1 saturated heterocycles. The largest absolute Gasteiger partial charge is 0.393 e. The van der Waals surface area contributed by atoms with Crippen LogP contribution in [0.15, 0.2) is 30.6 Å². The number of amides is 1. The Bertz CT molecular complexity index is 769. The number of nitrogens with zero attached hydrogens (tertiary/aromatic N) is 4. The number of piperidine rings is 1. The van der Waals surface area contributed by atoms with Crippen LogP contribution < -0.4 is 0 Å². The zero-order chi connectivity index (χ0) is 17.1. The summed E-state index contributed by atoms with van der Waals surface area (Å²) in [5.74, 6) is 0.0756. The molecule has 0 unspecified atom stereocenters. The number of nitriles is 1. The van der Waals surface area contributed by atoms with Gasteiger partial charge in [0.2, 0.25) is 5.91 Å². The minimum Gasteiger partial charge on any atom is -0.393 e. The standard InChI is InChI=1S/C18H22N4O2/c1-20(13-18(24)21-8-5-15(23)6-9-21)11-14-12-22-7-3-2-4-17(22)16(14)10-19/h2-4,7,12,15,23H,5-6,8-9,11,13H2,1H3. The summed E-state index contributed by atoms with van der Waals surface area (Å²) in [7, 11) is 1.89. The van der Waals surface area contributed by atoms with Crippen molar-refractivity contribution in [1.82, 2.24) is 14.2 Å². The fraction of sp³-hybridized carbons (Fsp3) is 0.444. The van der Waals surface area contributed by atoms with Crippen LogP contribution in [0.4, 0.5) is 0 Å². The number of likely N-dealkylation sites (N-methyl/N-ethyl adjacent to an activating group) is 1. The maximum Gasteiger partial charge on any atom is 0.236 e. The van der Waals surface area contributed by atoms with Crippen LogP contribution in [0, 0.1) is 11.3 Å². The van der Waals surface area contributed by atoms with Gasteiger partial charge in [-0.05, 0) is 32.0 Å². The van der Waals surface area contributed by atoms with Crippen LogP contribution in [0.2, 0.25) is 0 Å². The molecule has 1 N–H and O–H groups in total. The molecular formula is C18H22N4O2. The molecule has 2 aromatic heterocycles. The van der Waals surface area contributed by atoms with Crippen LogP contribution in [0.3, 0.4) is 0 Å². The van der Waals surface area contributed by atoms with Crippen molar-refractivity contribution in [2.24, 2.45) is 0 Å². The topological polar surface area (TPSA) is 72.0 Å². The van der Waals surface area contributed by atoms with Crippen LogP contribution in [0.5, 0.6) is 0 Å². The number of fused-ring (bicyclic) bond motifs is 1. The van der Waals surface area contributed by atoms with Crippen molar-refractivity contribution in [2.45, 2.75) is 25.5 Å². The number of aromatic nitrogens is 1. The highest BCUT2D eigenvalue weighted by Gasteiger charge is 2.22. The Morgan fingerprint density at radius 2 is 2.17 bits per heavy atom. The summed E-state index contributed by atoms with van der Waals surface area (Å²) in [4.78, 5) is 16.1. The molecule has 1 amide bonds. The Kier molecular flexibility index (Phi) is 4.84. The molecule has 3 heterocycles. The number of pyridine rings is 1. The van der Waals surface area contributed by atoms with Crippen molar-refractivity contribution in [3.63, 3.8) is 0 Å². The molecule has 0 spiro atoms. The number of hydrogen-bond donors (Lipinski definition) is 1. The molecule has 2 aromatic rings. The Hall–Kier alpha value is -2.36. The number of rotatable bonds is 4. The lowest BCUT2D eigenvalue weighted by atomic mass is 10.1. The third-order valence-electron chi connectivity index (χ3n) is 4.54. The van der Waals surface area contributed by atoms with Crippen molar-refractivity contribution in [3.8, 4) is 6.07 Å². The highest BCUT2D eigenvalue weighted by molar-refractivity contribution is 5.78. The monoisotopic (exact) mass is 326 g/mol. The van der Waals surface area contributed by atoms with Gasteiger partial charge in [0.05, 0.1) is 23.7 Å². The average molecular weight is 326 g/mol. The Balaban J connectivity index is 1.66. The van der Waals surface area contributed by atoms with Crippen LogP contribution in [-0.4, -0.2) is 58.0 Å². The lowest BCUT2D eigenvalue weighted by molar-refractivity contribution is -0.134. The average Bonchev–Trinajstić information content (AvgIpc) is 2.92. The number of aliphatic hydroxyl groups is 1. The molecule has 0 bridgehead atoms. The summed E-state index contributed by atoms with van der Waals surface area (Å²) < 4.78 is 1.94. The van der Waals surface area contributed by atoms with E-state index >= 15 is 0 Å². The van der Waals surface area contributed by atoms with Gasteiger partial charge in [-0.3, -0.25) is 9.69 Å². The SMILES string of the molecule is CN(CC(=O)N1CCC(O)CC1)Cc1cn2ccccc2c1C#N. The Morgan fingerprint density at radius 3 is 2.88 bits per heavy atom. The highest BCUT2D eigenvalue weighted by atomic mass is 16.3. The first kappa shape index (κ1) is 16.5.